The standard InChI is InChI=1S/C17H17N5/c1-2-4-15(5-3-1)17-20-19-16-13-21(10-11-22(16)17)12-14-6-8-18-9-7-14/h1-9H,10-13H2. The maximum Gasteiger partial charge on any atom is 0.164 e. The van der Waals surface area contributed by atoms with Crippen molar-refractivity contribution in [2.75, 3.05) is 6.54 Å². The van der Waals surface area contributed by atoms with Gasteiger partial charge < -0.3 is 4.57 Å². The summed E-state index contributed by atoms with van der Waals surface area (Å²) >= 11 is 0. The Morgan fingerprint density at radius 1 is 0.909 bits per heavy atom. The summed E-state index contributed by atoms with van der Waals surface area (Å²) in [6, 6.07) is 14.4. The lowest BCUT2D eigenvalue weighted by Gasteiger charge is -2.27. The van der Waals surface area contributed by atoms with Crippen molar-refractivity contribution in [1.82, 2.24) is 24.6 Å². The number of hydrogen-bond donors (Lipinski definition) is 0. The molecule has 0 bridgehead atoms. The van der Waals surface area contributed by atoms with E-state index < -0.39 is 0 Å². The molecule has 3 heterocycles. The first kappa shape index (κ1) is 13.2. The average molecular weight is 291 g/mol. The van der Waals surface area contributed by atoms with Gasteiger partial charge in [0.1, 0.15) is 5.82 Å². The van der Waals surface area contributed by atoms with Gasteiger partial charge in [-0.3, -0.25) is 9.88 Å². The topological polar surface area (TPSA) is 46.8 Å². The molecule has 5 heteroatoms. The summed E-state index contributed by atoms with van der Waals surface area (Å²) < 4.78 is 2.23. The number of nitrogens with zero attached hydrogens (tertiary/aromatic N) is 5. The fourth-order valence-corrected chi connectivity index (χ4v) is 2.89. The van der Waals surface area contributed by atoms with Gasteiger partial charge in [0.25, 0.3) is 0 Å². The van der Waals surface area contributed by atoms with Crippen LogP contribution in [0.2, 0.25) is 0 Å². The van der Waals surface area contributed by atoms with Gasteiger partial charge in [0.15, 0.2) is 5.82 Å². The second-order valence-corrected chi connectivity index (χ2v) is 5.52. The van der Waals surface area contributed by atoms with Gasteiger partial charge in [-0.15, -0.1) is 10.2 Å². The van der Waals surface area contributed by atoms with Crippen molar-refractivity contribution in [2.24, 2.45) is 0 Å². The molecule has 0 fully saturated rings. The number of pyridine rings is 1. The highest BCUT2D eigenvalue weighted by Gasteiger charge is 2.21. The molecular weight excluding hydrogens is 274 g/mol. The van der Waals surface area contributed by atoms with E-state index >= 15 is 0 Å². The molecule has 2 aromatic heterocycles. The Bertz CT molecular complexity index is 751. The van der Waals surface area contributed by atoms with Gasteiger partial charge >= 0.3 is 0 Å². The maximum absolute atomic E-state index is 4.39. The molecule has 1 aromatic carbocycles. The molecule has 0 saturated carbocycles. The van der Waals surface area contributed by atoms with Crippen molar-refractivity contribution in [3.8, 4) is 11.4 Å². The summed E-state index contributed by atoms with van der Waals surface area (Å²) in [7, 11) is 0. The van der Waals surface area contributed by atoms with Crippen LogP contribution in [-0.4, -0.2) is 31.2 Å². The van der Waals surface area contributed by atoms with Crippen LogP contribution in [0, 0.1) is 0 Å². The molecule has 0 N–H and O–H groups in total. The third-order valence-electron chi connectivity index (χ3n) is 4.02. The van der Waals surface area contributed by atoms with Gasteiger partial charge in [-0.1, -0.05) is 30.3 Å². The minimum atomic E-state index is 0.835. The minimum Gasteiger partial charge on any atom is -0.309 e. The van der Waals surface area contributed by atoms with E-state index in [0.717, 1.165) is 43.4 Å². The van der Waals surface area contributed by atoms with Crippen molar-refractivity contribution in [3.05, 3.63) is 66.2 Å². The minimum absolute atomic E-state index is 0.835. The zero-order chi connectivity index (χ0) is 14.8. The van der Waals surface area contributed by atoms with Gasteiger partial charge in [0.05, 0.1) is 6.54 Å². The van der Waals surface area contributed by atoms with E-state index in [4.69, 9.17) is 0 Å². The quantitative estimate of drug-likeness (QED) is 0.743. The van der Waals surface area contributed by atoms with E-state index in [1.807, 2.05) is 30.6 Å². The van der Waals surface area contributed by atoms with Gasteiger partial charge in [-0.05, 0) is 17.7 Å². The normalized spacial score (nSPS) is 14.7. The molecule has 1 aliphatic rings. The fourth-order valence-electron chi connectivity index (χ4n) is 2.89. The smallest absolute Gasteiger partial charge is 0.164 e. The number of aromatic nitrogens is 4. The SMILES string of the molecule is c1ccc(-c2nnc3n2CCN(Cc2ccncc2)C3)cc1. The first-order valence-electron chi connectivity index (χ1n) is 7.49. The monoisotopic (exact) mass is 291 g/mol. The van der Waals surface area contributed by atoms with E-state index in [9.17, 15) is 0 Å². The Balaban J connectivity index is 1.54. The van der Waals surface area contributed by atoms with Crippen LogP contribution < -0.4 is 0 Å². The summed E-state index contributed by atoms with van der Waals surface area (Å²) in [6.45, 7) is 3.70. The lowest BCUT2D eigenvalue weighted by Crippen LogP contribution is -2.33. The molecule has 1 aliphatic heterocycles. The molecule has 0 aliphatic carbocycles. The molecule has 22 heavy (non-hydrogen) atoms. The predicted molar refractivity (Wildman–Crippen MR) is 83.8 cm³/mol. The van der Waals surface area contributed by atoms with Crippen molar-refractivity contribution in [3.63, 3.8) is 0 Å². The summed E-state index contributed by atoms with van der Waals surface area (Å²) in [6.07, 6.45) is 3.69. The zero-order valence-electron chi connectivity index (χ0n) is 12.3. The van der Waals surface area contributed by atoms with Crippen LogP contribution in [0.1, 0.15) is 11.4 Å². The molecule has 0 amide bonds. The van der Waals surface area contributed by atoms with Crippen LogP contribution in [0.5, 0.6) is 0 Å². The molecule has 5 nitrogen and oxygen atoms in total. The maximum atomic E-state index is 4.39. The average Bonchev–Trinajstić information content (AvgIpc) is 3.00. The number of hydrogen-bond acceptors (Lipinski definition) is 4. The summed E-state index contributed by atoms with van der Waals surface area (Å²) in [5, 5.41) is 8.77. The first-order valence-corrected chi connectivity index (χ1v) is 7.49. The molecule has 0 saturated heterocycles. The van der Waals surface area contributed by atoms with Crippen molar-refractivity contribution >= 4 is 0 Å². The van der Waals surface area contributed by atoms with E-state index in [1.165, 1.54) is 5.56 Å². The lowest BCUT2D eigenvalue weighted by molar-refractivity contribution is 0.209. The summed E-state index contributed by atoms with van der Waals surface area (Å²) in [4.78, 5) is 6.46. The number of rotatable bonds is 3. The van der Waals surface area contributed by atoms with Crippen LogP contribution in [0.4, 0.5) is 0 Å². The molecule has 110 valence electrons. The molecule has 0 unspecified atom stereocenters. The Morgan fingerprint density at radius 3 is 2.55 bits per heavy atom. The van der Waals surface area contributed by atoms with Crippen LogP contribution in [0.15, 0.2) is 54.9 Å². The number of benzene rings is 1. The predicted octanol–water partition coefficient (Wildman–Crippen LogP) is 2.36. The third kappa shape index (κ3) is 2.51. The van der Waals surface area contributed by atoms with Gasteiger partial charge in [0.2, 0.25) is 0 Å². The molecular formula is C17H17N5. The summed E-state index contributed by atoms with van der Waals surface area (Å²) in [5.74, 6) is 2.01. The van der Waals surface area contributed by atoms with Crippen molar-refractivity contribution in [1.29, 1.82) is 0 Å². The first-order chi connectivity index (χ1) is 10.9. The van der Waals surface area contributed by atoms with Crippen LogP contribution in [0.25, 0.3) is 11.4 Å². The second-order valence-electron chi connectivity index (χ2n) is 5.52. The lowest BCUT2D eigenvalue weighted by atomic mass is 10.2. The highest BCUT2D eigenvalue weighted by Crippen LogP contribution is 2.22. The fraction of sp³-hybridized carbons (Fsp3) is 0.235. The largest absolute Gasteiger partial charge is 0.309 e. The molecule has 0 atom stereocenters. The number of fused-ring (bicyclic) bond motifs is 1. The van der Waals surface area contributed by atoms with Crippen molar-refractivity contribution < 1.29 is 0 Å². The van der Waals surface area contributed by atoms with E-state index in [-0.39, 0.29) is 0 Å². The second kappa shape index (κ2) is 5.69. The Morgan fingerprint density at radius 2 is 1.73 bits per heavy atom. The van der Waals surface area contributed by atoms with Gasteiger partial charge in [-0.25, -0.2) is 0 Å². The molecule has 0 radical (unpaired) electrons. The highest BCUT2D eigenvalue weighted by molar-refractivity contribution is 5.55. The molecule has 3 aromatic rings. The Kier molecular flexibility index (Phi) is 3.40. The van der Waals surface area contributed by atoms with Crippen LogP contribution in [0.3, 0.4) is 0 Å². The molecule has 0 spiro atoms. The third-order valence-corrected chi connectivity index (χ3v) is 4.02. The van der Waals surface area contributed by atoms with Crippen molar-refractivity contribution in [2.45, 2.75) is 19.6 Å². The molecule has 4 rings (SSSR count). The zero-order valence-corrected chi connectivity index (χ0v) is 12.3. The van der Waals surface area contributed by atoms with E-state index in [1.54, 1.807) is 0 Å². The van der Waals surface area contributed by atoms with E-state index in [2.05, 4.69) is 48.9 Å². The highest BCUT2D eigenvalue weighted by atomic mass is 15.3. The van der Waals surface area contributed by atoms with E-state index in [0.29, 0.717) is 0 Å². The van der Waals surface area contributed by atoms with Crippen LogP contribution >= 0.6 is 0 Å². The Labute approximate surface area is 129 Å². The van der Waals surface area contributed by atoms with Crippen LogP contribution in [-0.2, 0) is 19.6 Å². The van der Waals surface area contributed by atoms with Gasteiger partial charge in [0, 0.05) is 37.6 Å². The summed E-state index contributed by atoms with van der Waals surface area (Å²) in [5.41, 5.74) is 2.41. The van der Waals surface area contributed by atoms with Gasteiger partial charge in [-0.2, -0.15) is 0 Å². The Hall–Kier alpha value is -2.53.